The first-order valence-corrected chi connectivity index (χ1v) is 8.07. The Balaban J connectivity index is 1.75. The summed E-state index contributed by atoms with van der Waals surface area (Å²) in [7, 11) is 1.45. The van der Waals surface area contributed by atoms with Crippen LogP contribution in [0.25, 0.3) is 0 Å². The van der Waals surface area contributed by atoms with Crippen molar-refractivity contribution in [3.8, 4) is 11.5 Å². The van der Waals surface area contributed by atoms with Crippen LogP contribution in [0.3, 0.4) is 0 Å². The van der Waals surface area contributed by atoms with Crippen molar-refractivity contribution in [3.05, 3.63) is 23.8 Å². The first-order valence-electron chi connectivity index (χ1n) is 8.07. The van der Waals surface area contributed by atoms with Crippen LogP contribution in [0.15, 0.2) is 23.3 Å². The molecule has 7 nitrogen and oxygen atoms in total. The molecule has 0 aromatic heterocycles. The van der Waals surface area contributed by atoms with Gasteiger partial charge in [0.25, 0.3) is 5.91 Å². The van der Waals surface area contributed by atoms with Gasteiger partial charge in [0.2, 0.25) is 5.91 Å². The highest BCUT2D eigenvalue weighted by Crippen LogP contribution is 2.25. The van der Waals surface area contributed by atoms with Gasteiger partial charge in [-0.1, -0.05) is 19.3 Å². The van der Waals surface area contributed by atoms with Gasteiger partial charge in [0.05, 0.1) is 19.9 Å². The van der Waals surface area contributed by atoms with Crippen LogP contribution in [-0.4, -0.2) is 36.8 Å². The van der Waals surface area contributed by atoms with Crippen molar-refractivity contribution < 1.29 is 19.4 Å². The Morgan fingerprint density at radius 2 is 2.08 bits per heavy atom. The number of amides is 2. The first kappa shape index (κ1) is 17.8. The van der Waals surface area contributed by atoms with Crippen LogP contribution in [-0.2, 0) is 9.59 Å². The number of aromatic hydroxyl groups is 1. The Morgan fingerprint density at radius 3 is 2.79 bits per heavy atom. The van der Waals surface area contributed by atoms with E-state index in [1.54, 1.807) is 12.1 Å². The van der Waals surface area contributed by atoms with E-state index in [9.17, 15) is 14.7 Å². The fourth-order valence-electron chi connectivity index (χ4n) is 2.67. The first-order chi connectivity index (χ1) is 11.6. The number of carbonyl (C=O) groups excluding carboxylic acids is 2. The highest BCUT2D eigenvalue weighted by atomic mass is 16.5. The zero-order chi connectivity index (χ0) is 17.4. The number of nitrogens with zero attached hydrogens (tertiary/aromatic N) is 1. The van der Waals surface area contributed by atoms with Gasteiger partial charge >= 0.3 is 0 Å². The van der Waals surface area contributed by atoms with Gasteiger partial charge in [0.15, 0.2) is 11.5 Å². The SMILES string of the molecule is COc1cc(/C=N/NC(=O)CNC(=O)C2CCCCC2)ccc1O. The van der Waals surface area contributed by atoms with Gasteiger partial charge in [0, 0.05) is 5.92 Å². The van der Waals surface area contributed by atoms with Crippen LogP contribution >= 0.6 is 0 Å². The molecule has 0 unspecified atom stereocenters. The van der Waals surface area contributed by atoms with Crippen LogP contribution in [0.2, 0.25) is 0 Å². The van der Waals surface area contributed by atoms with Crippen molar-refractivity contribution in [1.82, 2.24) is 10.7 Å². The third kappa shape index (κ3) is 5.26. The van der Waals surface area contributed by atoms with E-state index in [1.807, 2.05) is 0 Å². The summed E-state index contributed by atoms with van der Waals surface area (Å²) in [5.74, 6) is -0.0631. The molecule has 1 fully saturated rings. The van der Waals surface area contributed by atoms with Gasteiger partial charge in [-0.05, 0) is 36.6 Å². The van der Waals surface area contributed by atoms with E-state index in [0.717, 1.165) is 25.7 Å². The second kappa shape index (κ2) is 8.90. The highest BCUT2D eigenvalue weighted by molar-refractivity contribution is 5.87. The summed E-state index contributed by atoms with van der Waals surface area (Å²) >= 11 is 0. The standard InChI is InChI=1S/C17H23N3O4/c1-24-15-9-12(7-8-14(15)21)10-19-20-16(22)11-18-17(23)13-5-3-2-4-6-13/h7-10,13,21H,2-6,11H2,1H3,(H,18,23)(H,20,22)/b19-10+. The van der Waals surface area contributed by atoms with Crippen LogP contribution in [0.4, 0.5) is 0 Å². The monoisotopic (exact) mass is 333 g/mol. The number of rotatable bonds is 6. The van der Waals surface area contributed by atoms with Crippen molar-refractivity contribution in [2.75, 3.05) is 13.7 Å². The number of benzene rings is 1. The number of phenols is 1. The molecule has 0 spiro atoms. The summed E-state index contributed by atoms with van der Waals surface area (Å²) in [4.78, 5) is 23.6. The molecule has 0 bridgehead atoms. The lowest BCUT2D eigenvalue weighted by Crippen LogP contribution is -2.38. The lowest BCUT2D eigenvalue weighted by Gasteiger charge is -2.20. The van der Waals surface area contributed by atoms with Crippen LogP contribution in [0.1, 0.15) is 37.7 Å². The van der Waals surface area contributed by atoms with Crippen LogP contribution in [0, 0.1) is 5.92 Å². The molecule has 1 saturated carbocycles. The fourth-order valence-corrected chi connectivity index (χ4v) is 2.67. The topological polar surface area (TPSA) is 100 Å². The van der Waals surface area contributed by atoms with Crippen LogP contribution < -0.4 is 15.5 Å². The summed E-state index contributed by atoms with van der Waals surface area (Å²) in [5.41, 5.74) is 3.02. The van der Waals surface area contributed by atoms with Gasteiger partial charge in [-0.15, -0.1) is 0 Å². The molecule has 0 heterocycles. The summed E-state index contributed by atoms with van der Waals surface area (Å²) in [5, 5.41) is 16.0. The maximum atomic E-state index is 11.9. The Labute approximate surface area is 141 Å². The molecular formula is C17H23N3O4. The molecule has 1 aromatic carbocycles. The van der Waals surface area contributed by atoms with E-state index in [2.05, 4.69) is 15.8 Å². The van der Waals surface area contributed by atoms with E-state index in [1.165, 1.54) is 25.8 Å². The fraction of sp³-hybridized carbons (Fsp3) is 0.471. The molecule has 130 valence electrons. The van der Waals surface area contributed by atoms with Crippen molar-refractivity contribution in [2.24, 2.45) is 11.0 Å². The number of hydrazone groups is 1. The molecule has 0 atom stereocenters. The van der Waals surface area contributed by atoms with Gasteiger partial charge < -0.3 is 15.2 Å². The number of ether oxygens (including phenoxy) is 1. The van der Waals surface area contributed by atoms with E-state index in [-0.39, 0.29) is 30.0 Å². The summed E-state index contributed by atoms with van der Waals surface area (Å²) < 4.78 is 4.99. The molecule has 1 aliphatic carbocycles. The zero-order valence-corrected chi connectivity index (χ0v) is 13.7. The number of methoxy groups -OCH3 is 1. The molecule has 24 heavy (non-hydrogen) atoms. The molecule has 0 aliphatic heterocycles. The van der Waals surface area contributed by atoms with Crippen molar-refractivity contribution in [3.63, 3.8) is 0 Å². The summed E-state index contributed by atoms with van der Waals surface area (Å²) in [6.45, 7) is -0.0917. The third-order valence-corrected chi connectivity index (χ3v) is 4.01. The zero-order valence-electron chi connectivity index (χ0n) is 13.7. The third-order valence-electron chi connectivity index (χ3n) is 4.01. The average Bonchev–Trinajstić information content (AvgIpc) is 2.61. The molecular weight excluding hydrogens is 310 g/mol. The molecule has 1 aromatic rings. The normalized spacial score (nSPS) is 15.2. The number of nitrogens with one attached hydrogen (secondary N) is 2. The van der Waals surface area contributed by atoms with Crippen molar-refractivity contribution in [1.29, 1.82) is 0 Å². The van der Waals surface area contributed by atoms with Crippen LogP contribution in [0.5, 0.6) is 11.5 Å². The maximum Gasteiger partial charge on any atom is 0.259 e. The van der Waals surface area contributed by atoms with Gasteiger partial charge in [-0.2, -0.15) is 5.10 Å². The number of phenolic OH excluding ortho intramolecular Hbond substituents is 1. The Morgan fingerprint density at radius 1 is 1.33 bits per heavy atom. The molecule has 1 aliphatic rings. The smallest absolute Gasteiger partial charge is 0.259 e. The average molecular weight is 333 g/mol. The van der Waals surface area contributed by atoms with E-state index >= 15 is 0 Å². The molecule has 2 amide bonds. The maximum absolute atomic E-state index is 11.9. The van der Waals surface area contributed by atoms with E-state index in [4.69, 9.17) is 4.74 Å². The number of carbonyl (C=O) groups is 2. The minimum Gasteiger partial charge on any atom is -0.504 e. The Kier molecular flexibility index (Phi) is 6.60. The van der Waals surface area contributed by atoms with Crippen molar-refractivity contribution >= 4 is 18.0 Å². The van der Waals surface area contributed by atoms with E-state index in [0.29, 0.717) is 11.3 Å². The van der Waals surface area contributed by atoms with Gasteiger partial charge in [-0.25, -0.2) is 5.43 Å². The Bertz CT molecular complexity index is 610. The van der Waals surface area contributed by atoms with E-state index < -0.39 is 0 Å². The molecule has 0 radical (unpaired) electrons. The highest BCUT2D eigenvalue weighted by Gasteiger charge is 2.21. The summed E-state index contributed by atoms with van der Waals surface area (Å²) in [6.07, 6.45) is 6.56. The molecule has 2 rings (SSSR count). The second-order valence-electron chi connectivity index (χ2n) is 5.78. The number of hydrogen-bond donors (Lipinski definition) is 3. The predicted molar refractivity (Wildman–Crippen MR) is 90.0 cm³/mol. The molecule has 7 heteroatoms. The minimum atomic E-state index is -0.388. The molecule has 0 saturated heterocycles. The molecule has 3 N–H and O–H groups in total. The summed E-state index contributed by atoms with van der Waals surface area (Å²) in [6, 6.07) is 4.71. The second-order valence-corrected chi connectivity index (χ2v) is 5.78. The predicted octanol–water partition coefficient (Wildman–Crippen LogP) is 1.55. The number of hydrogen-bond acceptors (Lipinski definition) is 5. The lowest BCUT2D eigenvalue weighted by atomic mass is 9.89. The van der Waals surface area contributed by atoms with Crippen molar-refractivity contribution in [2.45, 2.75) is 32.1 Å². The Hall–Kier alpha value is -2.57. The lowest BCUT2D eigenvalue weighted by molar-refractivity contribution is -0.129. The van der Waals surface area contributed by atoms with Gasteiger partial charge in [-0.3, -0.25) is 9.59 Å². The van der Waals surface area contributed by atoms with Gasteiger partial charge in [0.1, 0.15) is 0 Å². The largest absolute Gasteiger partial charge is 0.504 e. The quantitative estimate of drug-likeness (QED) is 0.543. The minimum absolute atomic E-state index is 0.0273.